The van der Waals surface area contributed by atoms with E-state index in [-0.39, 0.29) is 18.2 Å². The van der Waals surface area contributed by atoms with Crippen molar-refractivity contribution in [2.45, 2.75) is 33.2 Å². The number of aliphatic hydroxyl groups is 1. The molecule has 2 aromatic rings. The fourth-order valence-corrected chi connectivity index (χ4v) is 3.53. The fourth-order valence-electron chi connectivity index (χ4n) is 2.28. The van der Waals surface area contributed by atoms with E-state index in [0.717, 1.165) is 16.8 Å². The van der Waals surface area contributed by atoms with Crippen LogP contribution in [0, 0.1) is 17.6 Å². The van der Waals surface area contributed by atoms with Crippen LogP contribution in [0.2, 0.25) is 0 Å². The summed E-state index contributed by atoms with van der Waals surface area (Å²) in [4.78, 5) is 16.7. The van der Waals surface area contributed by atoms with Gasteiger partial charge in [0.1, 0.15) is 4.70 Å². The first-order valence-corrected chi connectivity index (χ1v) is 7.52. The molecular formula is C13H18N2O2S2. The molecule has 2 N–H and O–H groups in total. The molecule has 0 saturated heterocycles. The van der Waals surface area contributed by atoms with Crippen molar-refractivity contribution in [1.82, 2.24) is 9.55 Å². The molecule has 0 aromatic carbocycles. The lowest BCUT2D eigenvalue weighted by Crippen LogP contribution is -2.29. The summed E-state index contributed by atoms with van der Waals surface area (Å²) in [7, 11) is 0. The van der Waals surface area contributed by atoms with E-state index in [2.05, 4.69) is 18.8 Å². The van der Waals surface area contributed by atoms with Crippen LogP contribution in [0.15, 0.2) is 10.9 Å². The van der Waals surface area contributed by atoms with Gasteiger partial charge in [0, 0.05) is 4.88 Å². The van der Waals surface area contributed by atoms with Gasteiger partial charge in [-0.3, -0.25) is 9.36 Å². The second-order valence-electron chi connectivity index (χ2n) is 5.17. The molecule has 0 amide bonds. The van der Waals surface area contributed by atoms with Gasteiger partial charge in [0.05, 0.1) is 18.2 Å². The number of H-pyrrole nitrogens is 1. The quantitative estimate of drug-likeness (QED) is 0.853. The lowest BCUT2D eigenvalue weighted by molar-refractivity contribution is 0.204. The van der Waals surface area contributed by atoms with E-state index >= 15 is 0 Å². The van der Waals surface area contributed by atoms with Crippen molar-refractivity contribution in [3.8, 4) is 0 Å². The number of hydrogen-bond acceptors (Lipinski definition) is 4. The van der Waals surface area contributed by atoms with Crippen molar-refractivity contribution in [3.63, 3.8) is 0 Å². The molecule has 0 aliphatic heterocycles. The molecule has 0 bridgehead atoms. The largest absolute Gasteiger partial charge is 0.394 e. The molecule has 1 unspecified atom stereocenters. The highest BCUT2D eigenvalue weighted by Crippen LogP contribution is 2.22. The molecule has 2 heterocycles. The van der Waals surface area contributed by atoms with E-state index in [1.807, 2.05) is 13.0 Å². The zero-order valence-electron chi connectivity index (χ0n) is 11.3. The number of fused-ring (bicyclic) bond motifs is 1. The Labute approximate surface area is 120 Å². The molecule has 0 aliphatic carbocycles. The highest BCUT2D eigenvalue weighted by Gasteiger charge is 2.17. The Morgan fingerprint density at radius 1 is 1.53 bits per heavy atom. The number of aromatic amines is 1. The standard InChI is InChI=1S/C13H18N2O2S2/c1-7(2)4-9(6-16)15-12(17)11-10(14-13(15)18)5-8(3)19-11/h5,7,9,16H,4,6H2,1-3H3,(H,14,18). The summed E-state index contributed by atoms with van der Waals surface area (Å²) < 4.78 is 2.58. The molecule has 1 atom stereocenters. The number of aromatic nitrogens is 2. The SMILES string of the molecule is Cc1cc2[nH]c(=S)n(C(CO)CC(C)C)c(=O)c2s1. The van der Waals surface area contributed by atoms with E-state index in [1.54, 1.807) is 0 Å². The summed E-state index contributed by atoms with van der Waals surface area (Å²) in [5.41, 5.74) is 0.687. The van der Waals surface area contributed by atoms with Gasteiger partial charge in [-0.1, -0.05) is 13.8 Å². The average Bonchev–Trinajstić information content (AvgIpc) is 2.68. The molecule has 19 heavy (non-hydrogen) atoms. The lowest BCUT2D eigenvalue weighted by Gasteiger charge is -2.19. The third-order valence-electron chi connectivity index (χ3n) is 3.05. The molecular weight excluding hydrogens is 280 g/mol. The normalized spacial score (nSPS) is 13.3. The van der Waals surface area contributed by atoms with Gasteiger partial charge in [-0.05, 0) is 37.5 Å². The van der Waals surface area contributed by atoms with Gasteiger partial charge in [0.25, 0.3) is 5.56 Å². The molecule has 0 fully saturated rings. The molecule has 0 saturated carbocycles. The van der Waals surface area contributed by atoms with E-state index in [1.165, 1.54) is 15.9 Å². The first kappa shape index (κ1) is 14.4. The van der Waals surface area contributed by atoms with Crippen LogP contribution in [-0.4, -0.2) is 21.3 Å². The Morgan fingerprint density at radius 3 is 2.79 bits per heavy atom. The average molecular weight is 298 g/mol. The highest BCUT2D eigenvalue weighted by molar-refractivity contribution is 7.71. The van der Waals surface area contributed by atoms with Crippen LogP contribution in [0.4, 0.5) is 0 Å². The summed E-state index contributed by atoms with van der Waals surface area (Å²) in [5, 5.41) is 9.54. The van der Waals surface area contributed by atoms with Crippen molar-refractivity contribution in [2.24, 2.45) is 5.92 Å². The fraction of sp³-hybridized carbons (Fsp3) is 0.538. The van der Waals surface area contributed by atoms with E-state index in [4.69, 9.17) is 12.2 Å². The number of hydrogen-bond donors (Lipinski definition) is 2. The van der Waals surface area contributed by atoms with Crippen LogP contribution in [0.1, 0.15) is 31.2 Å². The van der Waals surface area contributed by atoms with Crippen molar-refractivity contribution in [1.29, 1.82) is 0 Å². The number of thiophene rings is 1. The highest BCUT2D eigenvalue weighted by atomic mass is 32.1. The first-order chi connectivity index (χ1) is 8.93. The monoisotopic (exact) mass is 298 g/mol. The Kier molecular flexibility index (Phi) is 4.23. The minimum absolute atomic E-state index is 0.0779. The number of nitrogens with one attached hydrogen (secondary N) is 1. The Bertz CT molecular complexity index is 697. The second-order valence-corrected chi connectivity index (χ2v) is 6.81. The summed E-state index contributed by atoms with van der Waals surface area (Å²) in [6.07, 6.45) is 0.726. The summed E-state index contributed by atoms with van der Waals surface area (Å²) in [6, 6.07) is 1.67. The third kappa shape index (κ3) is 2.80. The van der Waals surface area contributed by atoms with Crippen molar-refractivity contribution in [2.75, 3.05) is 6.61 Å². The predicted octanol–water partition coefficient (Wildman–Crippen LogP) is 3.01. The summed E-state index contributed by atoms with van der Waals surface area (Å²) >= 11 is 6.73. The number of aliphatic hydroxyl groups excluding tert-OH is 1. The van der Waals surface area contributed by atoms with Gasteiger partial charge in [0.15, 0.2) is 4.77 Å². The van der Waals surface area contributed by atoms with Crippen LogP contribution in [0.5, 0.6) is 0 Å². The predicted molar refractivity (Wildman–Crippen MR) is 81.6 cm³/mol. The number of rotatable bonds is 4. The molecule has 0 radical (unpaired) electrons. The van der Waals surface area contributed by atoms with Crippen LogP contribution >= 0.6 is 23.6 Å². The minimum Gasteiger partial charge on any atom is -0.394 e. The molecule has 4 nitrogen and oxygen atoms in total. The van der Waals surface area contributed by atoms with Gasteiger partial charge in [-0.15, -0.1) is 11.3 Å². The van der Waals surface area contributed by atoms with Gasteiger partial charge in [-0.2, -0.15) is 0 Å². The summed E-state index contributed by atoms with van der Waals surface area (Å²) in [5.74, 6) is 0.388. The second kappa shape index (κ2) is 5.56. The van der Waals surface area contributed by atoms with Gasteiger partial charge >= 0.3 is 0 Å². The van der Waals surface area contributed by atoms with Crippen molar-refractivity contribution >= 4 is 33.8 Å². The molecule has 2 aromatic heterocycles. The van der Waals surface area contributed by atoms with Crippen molar-refractivity contribution in [3.05, 3.63) is 26.1 Å². The zero-order valence-corrected chi connectivity index (χ0v) is 12.9. The third-order valence-corrected chi connectivity index (χ3v) is 4.39. The molecule has 0 spiro atoms. The van der Waals surface area contributed by atoms with E-state index in [0.29, 0.717) is 15.4 Å². The molecule has 0 aliphatic rings. The Hall–Kier alpha value is -0.980. The minimum atomic E-state index is -0.261. The Morgan fingerprint density at radius 2 is 2.21 bits per heavy atom. The maximum absolute atomic E-state index is 12.5. The van der Waals surface area contributed by atoms with Gasteiger partial charge in [0.2, 0.25) is 0 Å². The zero-order chi connectivity index (χ0) is 14.2. The maximum atomic E-state index is 12.5. The molecule has 104 valence electrons. The summed E-state index contributed by atoms with van der Waals surface area (Å²) in [6.45, 7) is 6.01. The molecule has 6 heteroatoms. The Balaban J connectivity index is 2.65. The topological polar surface area (TPSA) is 58.0 Å². The van der Waals surface area contributed by atoms with Crippen LogP contribution in [0.3, 0.4) is 0 Å². The van der Waals surface area contributed by atoms with Crippen LogP contribution in [0.25, 0.3) is 10.2 Å². The molecule has 2 rings (SSSR count). The lowest BCUT2D eigenvalue weighted by atomic mass is 10.0. The number of nitrogens with zero attached hydrogens (tertiary/aromatic N) is 1. The number of aryl methyl sites for hydroxylation is 1. The van der Waals surface area contributed by atoms with Gasteiger partial charge in [-0.25, -0.2) is 0 Å². The van der Waals surface area contributed by atoms with Crippen LogP contribution < -0.4 is 5.56 Å². The van der Waals surface area contributed by atoms with E-state index in [9.17, 15) is 9.90 Å². The van der Waals surface area contributed by atoms with Crippen LogP contribution in [-0.2, 0) is 0 Å². The smallest absolute Gasteiger partial charge is 0.272 e. The van der Waals surface area contributed by atoms with Crippen molar-refractivity contribution < 1.29 is 5.11 Å². The van der Waals surface area contributed by atoms with Gasteiger partial charge < -0.3 is 10.1 Å². The first-order valence-electron chi connectivity index (χ1n) is 6.29. The van der Waals surface area contributed by atoms with E-state index < -0.39 is 0 Å². The maximum Gasteiger partial charge on any atom is 0.272 e.